The molecule has 1 unspecified atom stereocenters. The van der Waals surface area contributed by atoms with Crippen LogP contribution < -0.4 is 15.9 Å². The molecule has 0 aliphatic heterocycles. The van der Waals surface area contributed by atoms with Gasteiger partial charge in [-0.15, -0.1) is 0 Å². The van der Waals surface area contributed by atoms with E-state index < -0.39 is 7.92 Å². The van der Waals surface area contributed by atoms with Gasteiger partial charge in [0.2, 0.25) is 0 Å². The zero-order chi connectivity index (χ0) is 18.4. The smallest absolute Gasteiger partial charge is 0.339 e. The average molecular weight is 360 g/mol. The molecule has 0 aliphatic rings. The van der Waals surface area contributed by atoms with Crippen LogP contribution in [0.5, 0.6) is 0 Å². The van der Waals surface area contributed by atoms with Gasteiger partial charge in [0.1, 0.15) is 6.10 Å². The lowest BCUT2D eigenvalue weighted by Crippen LogP contribution is -2.26. The third kappa shape index (κ3) is 4.09. The van der Waals surface area contributed by atoms with Gasteiger partial charge in [-0.05, 0) is 36.8 Å². The molecule has 0 spiro atoms. The van der Waals surface area contributed by atoms with Crippen LogP contribution in [-0.2, 0) is 4.74 Å². The zero-order valence-electron chi connectivity index (χ0n) is 14.7. The Morgan fingerprint density at radius 2 is 1.38 bits per heavy atom. The number of carbonyl (C=O) groups is 1. The highest BCUT2D eigenvalue weighted by Crippen LogP contribution is 2.34. The van der Waals surface area contributed by atoms with Gasteiger partial charge in [-0.3, -0.25) is 0 Å². The summed E-state index contributed by atoms with van der Waals surface area (Å²) in [6.07, 6.45) is 1.30. The first kappa shape index (κ1) is 18.1. The molecular weight excluding hydrogens is 339 g/mol. The second-order valence-corrected chi connectivity index (χ2v) is 8.06. The van der Waals surface area contributed by atoms with E-state index in [0.717, 1.165) is 5.30 Å². The number of carbonyl (C=O) groups excluding carboxylic acids is 1. The van der Waals surface area contributed by atoms with Crippen molar-refractivity contribution >= 4 is 29.8 Å². The Morgan fingerprint density at radius 1 is 0.885 bits per heavy atom. The maximum Gasteiger partial charge on any atom is 0.339 e. The summed E-state index contributed by atoms with van der Waals surface area (Å²) >= 11 is 0. The summed E-state index contributed by atoms with van der Waals surface area (Å²) in [5, 5.41) is 3.40. The molecule has 0 fully saturated rings. The highest BCUT2D eigenvalue weighted by Gasteiger charge is 2.23. The highest BCUT2D eigenvalue weighted by atomic mass is 31.1. The molecule has 1 atom stereocenters. The van der Waals surface area contributed by atoms with Crippen molar-refractivity contribution in [3.05, 3.63) is 103 Å². The average Bonchev–Trinajstić information content (AvgIpc) is 2.70. The molecule has 2 nitrogen and oxygen atoms in total. The largest absolute Gasteiger partial charge is 0.455 e. The summed E-state index contributed by atoms with van der Waals surface area (Å²) in [6, 6.07) is 28.4. The maximum atomic E-state index is 12.7. The molecule has 26 heavy (non-hydrogen) atoms. The molecule has 0 N–H and O–H groups in total. The van der Waals surface area contributed by atoms with E-state index in [2.05, 4.69) is 30.8 Å². The van der Waals surface area contributed by atoms with E-state index in [1.54, 1.807) is 6.08 Å². The minimum Gasteiger partial charge on any atom is -0.455 e. The molecule has 0 aliphatic carbocycles. The highest BCUT2D eigenvalue weighted by molar-refractivity contribution is 7.80. The number of hydrogen-bond donors (Lipinski definition) is 0. The molecule has 3 heteroatoms. The third-order valence-electron chi connectivity index (χ3n) is 4.02. The molecular formula is C23H21O2P. The molecule has 0 aromatic heterocycles. The van der Waals surface area contributed by atoms with Crippen molar-refractivity contribution < 1.29 is 9.53 Å². The molecule has 0 saturated carbocycles. The normalized spacial score (nSPS) is 11.8. The number of ether oxygens (including phenoxy) is 1. The summed E-state index contributed by atoms with van der Waals surface area (Å²) in [5.74, 6) is -0.313. The van der Waals surface area contributed by atoms with Crippen molar-refractivity contribution in [2.75, 3.05) is 0 Å². The second kappa shape index (κ2) is 8.60. The van der Waals surface area contributed by atoms with Crippen molar-refractivity contribution in [2.24, 2.45) is 0 Å². The van der Waals surface area contributed by atoms with E-state index in [0.29, 0.717) is 5.56 Å². The Kier molecular flexibility index (Phi) is 5.99. The van der Waals surface area contributed by atoms with E-state index in [1.807, 2.05) is 67.6 Å². The van der Waals surface area contributed by atoms with Crippen molar-refractivity contribution in [1.29, 1.82) is 0 Å². The Balaban J connectivity index is 2.11. The van der Waals surface area contributed by atoms with Gasteiger partial charge in [0.25, 0.3) is 0 Å². The van der Waals surface area contributed by atoms with Gasteiger partial charge < -0.3 is 4.74 Å². The number of rotatable bonds is 6. The van der Waals surface area contributed by atoms with Gasteiger partial charge in [0.15, 0.2) is 0 Å². The first-order valence-corrected chi connectivity index (χ1v) is 9.87. The lowest BCUT2D eigenvalue weighted by Gasteiger charge is -2.22. The zero-order valence-corrected chi connectivity index (χ0v) is 15.6. The standard InChI is InChI=1S/C23H21O2P/c1-3-18(2)25-23(24)21-16-10-11-17-22(21)26(19-12-6-4-7-13-19)20-14-8-5-9-15-20/h3-18H,1H2,2H3. The Bertz CT molecular complexity index is 835. The molecule has 0 saturated heterocycles. The van der Waals surface area contributed by atoms with E-state index in [4.69, 9.17) is 4.74 Å². The van der Waals surface area contributed by atoms with Crippen LogP contribution in [0.3, 0.4) is 0 Å². The molecule has 0 radical (unpaired) electrons. The molecule has 0 heterocycles. The third-order valence-corrected chi connectivity index (χ3v) is 6.52. The summed E-state index contributed by atoms with van der Waals surface area (Å²) in [4.78, 5) is 12.7. The summed E-state index contributed by atoms with van der Waals surface area (Å²) in [5.41, 5.74) is 0.611. The SMILES string of the molecule is C=CC(C)OC(=O)c1ccccc1P(c1ccccc1)c1ccccc1. The van der Waals surface area contributed by atoms with Crippen LogP contribution in [0.2, 0.25) is 0 Å². The van der Waals surface area contributed by atoms with Crippen LogP contribution >= 0.6 is 7.92 Å². The summed E-state index contributed by atoms with van der Waals surface area (Å²) < 4.78 is 5.50. The van der Waals surface area contributed by atoms with Gasteiger partial charge in [-0.1, -0.05) is 91.5 Å². The molecule has 3 rings (SSSR count). The minimum absolute atomic E-state index is 0.313. The molecule has 3 aromatic carbocycles. The predicted molar refractivity (Wildman–Crippen MR) is 110 cm³/mol. The summed E-state index contributed by atoms with van der Waals surface area (Å²) in [6.45, 7) is 5.50. The Morgan fingerprint density at radius 3 is 1.92 bits per heavy atom. The Hall–Kier alpha value is -2.70. The second-order valence-electron chi connectivity index (χ2n) is 5.87. The van der Waals surface area contributed by atoms with Crippen molar-refractivity contribution in [1.82, 2.24) is 0 Å². The van der Waals surface area contributed by atoms with Crippen LogP contribution in [0.1, 0.15) is 17.3 Å². The van der Waals surface area contributed by atoms with Crippen LogP contribution in [0, 0.1) is 0 Å². The fraction of sp³-hybridized carbons (Fsp3) is 0.0870. The first-order valence-electron chi connectivity index (χ1n) is 8.53. The monoisotopic (exact) mass is 360 g/mol. The van der Waals surface area contributed by atoms with Crippen molar-refractivity contribution in [3.8, 4) is 0 Å². The van der Waals surface area contributed by atoms with Crippen LogP contribution in [0.15, 0.2) is 97.6 Å². The number of benzene rings is 3. The molecule has 0 amide bonds. The quantitative estimate of drug-likeness (QED) is 0.375. The molecule has 130 valence electrons. The Labute approximate surface area is 155 Å². The number of esters is 1. The van der Waals surface area contributed by atoms with Gasteiger partial charge in [-0.25, -0.2) is 4.79 Å². The first-order chi connectivity index (χ1) is 12.7. The van der Waals surface area contributed by atoms with Gasteiger partial charge in [-0.2, -0.15) is 0 Å². The van der Waals surface area contributed by atoms with Crippen molar-refractivity contribution in [2.45, 2.75) is 13.0 Å². The van der Waals surface area contributed by atoms with Gasteiger partial charge in [0, 0.05) is 0 Å². The fourth-order valence-electron chi connectivity index (χ4n) is 2.70. The maximum absolute atomic E-state index is 12.7. The lowest BCUT2D eigenvalue weighted by molar-refractivity contribution is 0.0427. The van der Waals surface area contributed by atoms with Crippen LogP contribution in [0.4, 0.5) is 0 Å². The minimum atomic E-state index is -0.855. The van der Waals surface area contributed by atoms with E-state index in [-0.39, 0.29) is 12.1 Å². The van der Waals surface area contributed by atoms with E-state index in [9.17, 15) is 4.79 Å². The molecule has 0 bridgehead atoms. The van der Waals surface area contributed by atoms with E-state index >= 15 is 0 Å². The fourth-order valence-corrected chi connectivity index (χ4v) is 5.14. The number of hydrogen-bond acceptors (Lipinski definition) is 2. The topological polar surface area (TPSA) is 26.3 Å². The van der Waals surface area contributed by atoms with Gasteiger partial charge in [0.05, 0.1) is 5.56 Å². The predicted octanol–water partition coefficient (Wildman–Crippen LogP) is 4.18. The van der Waals surface area contributed by atoms with Crippen LogP contribution in [0.25, 0.3) is 0 Å². The van der Waals surface area contributed by atoms with E-state index in [1.165, 1.54) is 10.6 Å². The van der Waals surface area contributed by atoms with Crippen molar-refractivity contribution in [3.63, 3.8) is 0 Å². The van der Waals surface area contributed by atoms with Gasteiger partial charge >= 0.3 is 5.97 Å². The summed E-state index contributed by atoms with van der Waals surface area (Å²) in [7, 11) is -0.855. The lowest BCUT2D eigenvalue weighted by atomic mass is 10.2. The molecule has 3 aromatic rings. The van der Waals surface area contributed by atoms with Crippen LogP contribution in [-0.4, -0.2) is 12.1 Å².